The van der Waals surface area contributed by atoms with E-state index in [0.717, 1.165) is 33.1 Å². The molecular weight excluding hydrogens is 470 g/mol. The van der Waals surface area contributed by atoms with Crippen molar-refractivity contribution in [3.05, 3.63) is 89.6 Å². The highest BCUT2D eigenvalue weighted by molar-refractivity contribution is 6.05. The molecule has 1 amide bonds. The molecule has 0 spiro atoms. The number of carbonyl (C=O) groups is 2. The van der Waals surface area contributed by atoms with Gasteiger partial charge in [-0.1, -0.05) is 48.0 Å². The van der Waals surface area contributed by atoms with Gasteiger partial charge in [-0.25, -0.2) is 9.78 Å². The van der Waals surface area contributed by atoms with Gasteiger partial charge in [0.1, 0.15) is 16.9 Å². The number of hydrogen-bond donors (Lipinski definition) is 1. The molecule has 0 radical (unpaired) electrons. The Morgan fingerprint density at radius 3 is 2.46 bits per heavy atom. The van der Waals surface area contributed by atoms with Crippen molar-refractivity contribution in [2.45, 2.75) is 20.4 Å². The Morgan fingerprint density at radius 2 is 1.68 bits per heavy atom. The predicted molar refractivity (Wildman–Crippen MR) is 139 cm³/mol. The van der Waals surface area contributed by atoms with Gasteiger partial charge < -0.3 is 19.2 Å². The first-order valence-corrected chi connectivity index (χ1v) is 11.9. The quantitative estimate of drug-likeness (QED) is 0.294. The summed E-state index contributed by atoms with van der Waals surface area (Å²) in [4.78, 5) is 33.7. The summed E-state index contributed by atoms with van der Waals surface area (Å²) >= 11 is 0. The summed E-state index contributed by atoms with van der Waals surface area (Å²) in [6.45, 7) is 3.97. The fourth-order valence-corrected chi connectivity index (χ4v) is 3.99. The molecule has 0 aliphatic rings. The van der Waals surface area contributed by atoms with Gasteiger partial charge in [-0.15, -0.1) is 0 Å². The van der Waals surface area contributed by atoms with E-state index in [4.69, 9.17) is 13.9 Å². The summed E-state index contributed by atoms with van der Waals surface area (Å²) in [5.41, 5.74) is 4.52. The highest BCUT2D eigenvalue weighted by Crippen LogP contribution is 2.30. The lowest BCUT2D eigenvalue weighted by Crippen LogP contribution is -2.24. The molecule has 0 atom stereocenters. The molecule has 8 nitrogen and oxygen atoms in total. The molecule has 1 N–H and O–H groups in total. The Morgan fingerprint density at radius 1 is 0.919 bits per heavy atom. The van der Waals surface area contributed by atoms with E-state index in [2.05, 4.69) is 21.4 Å². The Balaban J connectivity index is 1.38. The Bertz CT molecular complexity index is 1590. The van der Waals surface area contributed by atoms with Crippen molar-refractivity contribution >= 4 is 33.8 Å². The average molecular weight is 496 g/mol. The van der Waals surface area contributed by atoms with Gasteiger partial charge in [-0.2, -0.15) is 4.98 Å². The van der Waals surface area contributed by atoms with E-state index in [1.165, 1.54) is 6.07 Å². The van der Waals surface area contributed by atoms with Crippen molar-refractivity contribution < 1.29 is 23.5 Å². The molecule has 37 heavy (non-hydrogen) atoms. The molecule has 8 heteroatoms. The molecule has 2 aromatic heterocycles. The fourth-order valence-electron chi connectivity index (χ4n) is 3.99. The summed E-state index contributed by atoms with van der Waals surface area (Å²) in [5.74, 6) is -0.498. The number of carbonyl (C=O) groups excluding carboxylic acids is 2. The van der Waals surface area contributed by atoms with E-state index in [9.17, 15) is 9.59 Å². The Labute approximate surface area is 213 Å². The summed E-state index contributed by atoms with van der Waals surface area (Å²) in [7, 11) is 0. The largest absolute Gasteiger partial charge is 0.466 e. The van der Waals surface area contributed by atoms with Crippen molar-refractivity contribution in [2.24, 2.45) is 0 Å². The number of nitrogens with zero attached hydrogens (tertiary/aromatic N) is 2. The zero-order valence-electron chi connectivity index (χ0n) is 20.5. The number of nitrogens with one attached hydrogen (secondary N) is 1. The van der Waals surface area contributed by atoms with E-state index in [1.54, 1.807) is 6.92 Å². The third-order valence-electron chi connectivity index (χ3n) is 5.75. The number of ether oxygens (including phenoxy) is 2. The van der Waals surface area contributed by atoms with Crippen LogP contribution >= 0.6 is 0 Å². The number of fused-ring (bicyclic) bond motifs is 3. The molecule has 0 fully saturated rings. The molecule has 5 rings (SSSR count). The van der Waals surface area contributed by atoms with Crippen LogP contribution < -0.4 is 10.1 Å². The van der Waals surface area contributed by atoms with E-state index in [-0.39, 0.29) is 31.3 Å². The summed E-state index contributed by atoms with van der Waals surface area (Å²) in [6.07, 6.45) is 0. The molecular formula is C29H25N3O5. The standard InChI is InChI=1S/C29H25N3O5/c1-3-35-27(33)17-36-26-15-23(31-28(32-26)20-7-5-4-6-8-20)29(34)30-16-19-10-12-25-22(14-19)21-13-18(2)9-11-24(21)37-25/h4-15H,3,16-17H2,1-2H3,(H,30,34). The maximum absolute atomic E-state index is 13.1. The second-order valence-electron chi connectivity index (χ2n) is 8.49. The Kier molecular flexibility index (Phi) is 6.81. The molecule has 3 aromatic carbocycles. The number of hydrogen-bond acceptors (Lipinski definition) is 7. The van der Waals surface area contributed by atoms with Crippen LogP contribution in [0.25, 0.3) is 33.3 Å². The lowest BCUT2D eigenvalue weighted by Gasteiger charge is -2.10. The van der Waals surface area contributed by atoms with Gasteiger partial charge in [0, 0.05) is 28.9 Å². The van der Waals surface area contributed by atoms with Crippen molar-refractivity contribution in [3.63, 3.8) is 0 Å². The predicted octanol–water partition coefficient (Wildman–Crippen LogP) is 5.22. The monoisotopic (exact) mass is 495 g/mol. The van der Waals surface area contributed by atoms with Gasteiger partial charge in [0.05, 0.1) is 6.61 Å². The first kappa shape index (κ1) is 24.0. The highest BCUT2D eigenvalue weighted by atomic mass is 16.6. The normalized spacial score (nSPS) is 11.0. The topological polar surface area (TPSA) is 104 Å². The van der Waals surface area contributed by atoms with E-state index in [1.807, 2.05) is 67.6 Å². The molecule has 0 saturated carbocycles. The van der Waals surface area contributed by atoms with E-state index < -0.39 is 11.9 Å². The number of rotatable bonds is 8. The second-order valence-corrected chi connectivity index (χ2v) is 8.49. The van der Waals surface area contributed by atoms with Crippen molar-refractivity contribution in [2.75, 3.05) is 13.2 Å². The van der Waals surface area contributed by atoms with E-state index >= 15 is 0 Å². The first-order chi connectivity index (χ1) is 18.0. The molecule has 0 saturated heterocycles. The maximum Gasteiger partial charge on any atom is 0.344 e. The van der Waals surface area contributed by atoms with E-state index in [0.29, 0.717) is 11.4 Å². The lowest BCUT2D eigenvalue weighted by atomic mass is 10.1. The van der Waals surface area contributed by atoms with Crippen LogP contribution in [0.2, 0.25) is 0 Å². The SMILES string of the molecule is CCOC(=O)COc1cc(C(=O)NCc2ccc3oc4ccc(C)cc4c3c2)nc(-c2ccccc2)n1. The second kappa shape index (κ2) is 10.5. The smallest absolute Gasteiger partial charge is 0.344 e. The van der Waals surface area contributed by atoms with Crippen LogP contribution in [0.4, 0.5) is 0 Å². The van der Waals surface area contributed by atoms with Gasteiger partial charge >= 0.3 is 5.97 Å². The lowest BCUT2D eigenvalue weighted by molar-refractivity contribution is -0.145. The van der Waals surface area contributed by atoms with Crippen LogP contribution in [0.3, 0.4) is 0 Å². The van der Waals surface area contributed by atoms with Gasteiger partial charge in [0.15, 0.2) is 12.4 Å². The number of aromatic nitrogens is 2. The fraction of sp³-hybridized carbons (Fsp3) is 0.172. The van der Waals surface area contributed by atoms with Crippen LogP contribution in [0.15, 0.2) is 77.2 Å². The minimum absolute atomic E-state index is 0.105. The van der Waals surface area contributed by atoms with Crippen LogP contribution in [0.1, 0.15) is 28.5 Å². The summed E-state index contributed by atoms with van der Waals surface area (Å²) in [6, 6.07) is 22.6. The minimum Gasteiger partial charge on any atom is -0.466 e. The number of benzene rings is 3. The first-order valence-electron chi connectivity index (χ1n) is 11.9. The highest BCUT2D eigenvalue weighted by Gasteiger charge is 2.16. The average Bonchev–Trinajstić information content (AvgIpc) is 3.28. The van der Waals surface area contributed by atoms with Crippen LogP contribution in [-0.4, -0.2) is 35.1 Å². The van der Waals surface area contributed by atoms with Crippen molar-refractivity contribution in [3.8, 4) is 17.3 Å². The maximum atomic E-state index is 13.1. The van der Waals surface area contributed by atoms with Gasteiger partial charge in [0.25, 0.3) is 5.91 Å². The number of aryl methyl sites for hydroxylation is 1. The van der Waals surface area contributed by atoms with Crippen molar-refractivity contribution in [1.82, 2.24) is 15.3 Å². The molecule has 0 aliphatic heterocycles. The minimum atomic E-state index is -0.522. The van der Waals surface area contributed by atoms with Gasteiger partial charge in [-0.3, -0.25) is 4.79 Å². The third kappa shape index (κ3) is 5.43. The zero-order chi connectivity index (χ0) is 25.8. The molecule has 5 aromatic rings. The van der Waals surface area contributed by atoms with Gasteiger partial charge in [-0.05, 0) is 43.7 Å². The molecule has 0 aliphatic carbocycles. The molecule has 0 unspecified atom stereocenters. The van der Waals surface area contributed by atoms with Crippen LogP contribution in [0, 0.1) is 6.92 Å². The third-order valence-corrected chi connectivity index (χ3v) is 5.75. The Hall–Kier alpha value is -4.72. The number of furan rings is 1. The molecule has 0 bridgehead atoms. The molecule has 186 valence electrons. The molecule has 2 heterocycles. The number of amides is 1. The summed E-state index contributed by atoms with van der Waals surface area (Å²) < 4.78 is 16.3. The van der Waals surface area contributed by atoms with Crippen molar-refractivity contribution in [1.29, 1.82) is 0 Å². The number of esters is 1. The van der Waals surface area contributed by atoms with Crippen LogP contribution in [0.5, 0.6) is 5.88 Å². The van der Waals surface area contributed by atoms with Gasteiger partial charge in [0.2, 0.25) is 5.88 Å². The zero-order valence-corrected chi connectivity index (χ0v) is 20.5. The summed E-state index contributed by atoms with van der Waals surface area (Å²) in [5, 5.41) is 4.95. The van der Waals surface area contributed by atoms with Crippen LogP contribution in [-0.2, 0) is 16.1 Å².